The van der Waals surface area contributed by atoms with Crippen LogP contribution >= 0.6 is 0 Å². The lowest BCUT2D eigenvalue weighted by Crippen LogP contribution is -2.36. The molecule has 1 saturated heterocycles. The van der Waals surface area contributed by atoms with Crippen molar-refractivity contribution in [2.24, 2.45) is 5.92 Å². The largest absolute Gasteiger partial charge is 0.349 e. The van der Waals surface area contributed by atoms with Crippen molar-refractivity contribution in [2.75, 3.05) is 13.1 Å². The predicted molar refractivity (Wildman–Crippen MR) is 80.5 cm³/mol. The Bertz CT molecular complexity index is 466. The van der Waals surface area contributed by atoms with Crippen LogP contribution in [0, 0.1) is 5.92 Å². The van der Waals surface area contributed by atoms with Gasteiger partial charge >= 0.3 is 0 Å². The van der Waals surface area contributed by atoms with E-state index in [-0.39, 0.29) is 11.9 Å². The SMILES string of the molecule is O=C(CC1CCCNC1)NC1CCCc2ccccc21. The van der Waals surface area contributed by atoms with Crippen molar-refractivity contribution in [1.82, 2.24) is 10.6 Å². The van der Waals surface area contributed by atoms with Gasteiger partial charge in [-0.3, -0.25) is 4.79 Å². The number of piperidine rings is 1. The maximum Gasteiger partial charge on any atom is 0.220 e. The van der Waals surface area contributed by atoms with E-state index in [4.69, 9.17) is 0 Å². The van der Waals surface area contributed by atoms with E-state index in [0.717, 1.165) is 25.9 Å². The molecule has 3 heteroatoms. The van der Waals surface area contributed by atoms with E-state index in [0.29, 0.717) is 12.3 Å². The van der Waals surface area contributed by atoms with Crippen LogP contribution in [-0.4, -0.2) is 19.0 Å². The summed E-state index contributed by atoms with van der Waals surface area (Å²) in [4.78, 5) is 12.3. The molecule has 1 aliphatic heterocycles. The molecule has 108 valence electrons. The maximum absolute atomic E-state index is 12.3. The van der Waals surface area contributed by atoms with E-state index in [9.17, 15) is 4.79 Å². The topological polar surface area (TPSA) is 41.1 Å². The Labute approximate surface area is 121 Å². The van der Waals surface area contributed by atoms with Crippen LogP contribution < -0.4 is 10.6 Å². The quantitative estimate of drug-likeness (QED) is 0.888. The number of aryl methyl sites for hydroxylation is 1. The molecular weight excluding hydrogens is 248 g/mol. The summed E-state index contributed by atoms with van der Waals surface area (Å²) in [7, 11) is 0. The fourth-order valence-electron chi connectivity index (χ4n) is 3.52. The highest BCUT2D eigenvalue weighted by molar-refractivity contribution is 5.76. The molecular formula is C17H24N2O. The maximum atomic E-state index is 12.3. The summed E-state index contributed by atoms with van der Waals surface area (Å²) >= 11 is 0. The number of carbonyl (C=O) groups is 1. The minimum absolute atomic E-state index is 0.223. The van der Waals surface area contributed by atoms with Crippen molar-refractivity contribution in [3.05, 3.63) is 35.4 Å². The third-order valence-corrected chi connectivity index (χ3v) is 4.58. The molecule has 1 amide bonds. The molecule has 20 heavy (non-hydrogen) atoms. The lowest BCUT2D eigenvalue weighted by atomic mass is 9.87. The molecule has 2 N–H and O–H groups in total. The standard InChI is InChI=1S/C17H24N2O/c20-17(11-13-5-4-10-18-12-13)19-16-9-3-7-14-6-1-2-8-15(14)16/h1-2,6,8,13,16,18H,3-5,7,9-12H2,(H,19,20). The molecule has 2 unspecified atom stereocenters. The number of nitrogens with one attached hydrogen (secondary N) is 2. The molecule has 0 saturated carbocycles. The summed E-state index contributed by atoms with van der Waals surface area (Å²) < 4.78 is 0. The first-order valence-corrected chi connectivity index (χ1v) is 7.91. The third kappa shape index (κ3) is 3.21. The van der Waals surface area contributed by atoms with Gasteiger partial charge < -0.3 is 10.6 Å². The number of fused-ring (bicyclic) bond motifs is 1. The van der Waals surface area contributed by atoms with E-state index in [1.807, 2.05) is 0 Å². The van der Waals surface area contributed by atoms with Crippen LogP contribution in [0.1, 0.15) is 49.3 Å². The summed E-state index contributed by atoms with van der Waals surface area (Å²) in [5, 5.41) is 6.64. The zero-order valence-electron chi connectivity index (χ0n) is 12.0. The molecule has 1 aromatic carbocycles. The lowest BCUT2D eigenvalue weighted by Gasteiger charge is -2.28. The van der Waals surface area contributed by atoms with Gasteiger partial charge in [0.2, 0.25) is 5.91 Å². The highest BCUT2D eigenvalue weighted by Crippen LogP contribution is 2.29. The molecule has 1 heterocycles. The Morgan fingerprint density at radius 2 is 2.15 bits per heavy atom. The Morgan fingerprint density at radius 3 is 3.00 bits per heavy atom. The van der Waals surface area contributed by atoms with Crippen molar-refractivity contribution < 1.29 is 4.79 Å². The summed E-state index contributed by atoms with van der Waals surface area (Å²) in [6.07, 6.45) is 6.45. The molecule has 3 nitrogen and oxygen atoms in total. The van der Waals surface area contributed by atoms with Crippen LogP contribution in [0.2, 0.25) is 0 Å². The second-order valence-corrected chi connectivity index (χ2v) is 6.13. The smallest absolute Gasteiger partial charge is 0.220 e. The number of benzene rings is 1. The summed E-state index contributed by atoms with van der Waals surface area (Å²) in [6, 6.07) is 8.76. The van der Waals surface area contributed by atoms with Gasteiger partial charge in [0.15, 0.2) is 0 Å². The van der Waals surface area contributed by atoms with Crippen LogP contribution in [0.25, 0.3) is 0 Å². The normalized spacial score (nSPS) is 25.8. The van der Waals surface area contributed by atoms with Crippen LogP contribution in [0.5, 0.6) is 0 Å². The molecule has 0 aromatic heterocycles. The number of carbonyl (C=O) groups excluding carboxylic acids is 1. The molecule has 2 atom stereocenters. The molecule has 2 aliphatic rings. The van der Waals surface area contributed by atoms with Crippen molar-refractivity contribution >= 4 is 5.91 Å². The molecule has 1 fully saturated rings. The fourth-order valence-corrected chi connectivity index (χ4v) is 3.52. The highest BCUT2D eigenvalue weighted by Gasteiger charge is 2.23. The monoisotopic (exact) mass is 272 g/mol. The predicted octanol–water partition coefficient (Wildman–Crippen LogP) is 2.57. The summed E-state index contributed by atoms with van der Waals surface area (Å²) in [5.74, 6) is 0.739. The summed E-state index contributed by atoms with van der Waals surface area (Å²) in [5.41, 5.74) is 2.73. The molecule has 0 bridgehead atoms. The molecule has 0 radical (unpaired) electrons. The average molecular weight is 272 g/mol. The van der Waals surface area contributed by atoms with Crippen molar-refractivity contribution in [3.8, 4) is 0 Å². The van der Waals surface area contributed by atoms with Crippen molar-refractivity contribution in [1.29, 1.82) is 0 Å². The third-order valence-electron chi connectivity index (χ3n) is 4.58. The first kappa shape index (κ1) is 13.6. The minimum Gasteiger partial charge on any atom is -0.349 e. The Balaban J connectivity index is 1.59. The molecule has 0 spiro atoms. The van der Waals surface area contributed by atoms with Crippen LogP contribution in [0.3, 0.4) is 0 Å². The lowest BCUT2D eigenvalue weighted by molar-refractivity contribution is -0.123. The van der Waals surface area contributed by atoms with E-state index < -0.39 is 0 Å². The van der Waals surface area contributed by atoms with Gasteiger partial charge in [0.05, 0.1) is 6.04 Å². The fraction of sp³-hybridized carbons (Fsp3) is 0.588. The van der Waals surface area contributed by atoms with E-state index in [1.165, 1.54) is 30.4 Å². The number of hydrogen-bond acceptors (Lipinski definition) is 2. The Hall–Kier alpha value is -1.35. The second-order valence-electron chi connectivity index (χ2n) is 6.13. The van der Waals surface area contributed by atoms with Gasteiger partial charge in [-0.15, -0.1) is 0 Å². The van der Waals surface area contributed by atoms with E-state index >= 15 is 0 Å². The van der Waals surface area contributed by atoms with Crippen molar-refractivity contribution in [3.63, 3.8) is 0 Å². The Kier molecular flexibility index (Phi) is 4.36. The van der Waals surface area contributed by atoms with Crippen molar-refractivity contribution in [2.45, 2.75) is 44.6 Å². The van der Waals surface area contributed by atoms with Gasteiger partial charge in [-0.05, 0) is 62.2 Å². The first-order chi connectivity index (χ1) is 9.83. The highest BCUT2D eigenvalue weighted by atomic mass is 16.1. The van der Waals surface area contributed by atoms with Crippen LogP contribution in [0.15, 0.2) is 24.3 Å². The molecule has 1 aliphatic carbocycles. The van der Waals surface area contributed by atoms with Gasteiger partial charge in [-0.25, -0.2) is 0 Å². The first-order valence-electron chi connectivity index (χ1n) is 7.91. The summed E-state index contributed by atoms with van der Waals surface area (Å²) in [6.45, 7) is 2.10. The van der Waals surface area contributed by atoms with Gasteiger partial charge in [0, 0.05) is 6.42 Å². The second kappa shape index (κ2) is 6.40. The zero-order chi connectivity index (χ0) is 13.8. The van der Waals surface area contributed by atoms with E-state index in [2.05, 4.69) is 34.9 Å². The molecule has 3 rings (SSSR count). The van der Waals surface area contributed by atoms with Gasteiger partial charge in [0.1, 0.15) is 0 Å². The van der Waals surface area contributed by atoms with Crippen LogP contribution in [-0.2, 0) is 11.2 Å². The van der Waals surface area contributed by atoms with Gasteiger partial charge in [-0.1, -0.05) is 24.3 Å². The number of hydrogen-bond donors (Lipinski definition) is 2. The zero-order valence-corrected chi connectivity index (χ0v) is 12.0. The van der Waals surface area contributed by atoms with Gasteiger partial charge in [0.25, 0.3) is 0 Å². The Morgan fingerprint density at radius 1 is 1.25 bits per heavy atom. The number of rotatable bonds is 3. The minimum atomic E-state index is 0.223. The van der Waals surface area contributed by atoms with Crippen LogP contribution in [0.4, 0.5) is 0 Å². The van der Waals surface area contributed by atoms with Gasteiger partial charge in [-0.2, -0.15) is 0 Å². The van der Waals surface area contributed by atoms with E-state index in [1.54, 1.807) is 0 Å². The average Bonchev–Trinajstić information content (AvgIpc) is 2.48. The molecule has 1 aromatic rings. The number of amides is 1.